The van der Waals surface area contributed by atoms with Crippen molar-refractivity contribution in [1.82, 2.24) is 4.90 Å². The molecule has 0 bridgehead atoms. The number of rotatable bonds is 2. The second-order valence-electron chi connectivity index (χ2n) is 3.73. The summed E-state index contributed by atoms with van der Waals surface area (Å²) in [4.78, 5) is 35.0. The fraction of sp³-hybridized carbons (Fsp3) is 0.154. The summed E-state index contributed by atoms with van der Waals surface area (Å²) in [7, 11) is 0. The molecule has 0 radical (unpaired) electrons. The van der Waals surface area contributed by atoms with Gasteiger partial charge >= 0.3 is 5.97 Å². The number of hydrogen-bond acceptors (Lipinski definition) is 3. The minimum absolute atomic E-state index is 0.210. The number of benzene rings is 1. The van der Waals surface area contributed by atoms with E-state index in [1.54, 1.807) is 13.0 Å². The quantitative estimate of drug-likeness (QED) is 0.614. The molecule has 0 saturated heterocycles. The van der Waals surface area contributed by atoms with Crippen LogP contribution in [0.15, 0.2) is 18.2 Å². The van der Waals surface area contributed by atoms with Gasteiger partial charge in [-0.1, -0.05) is 5.92 Å². The van der Waals surface area contributed by atoms with Crippen LogP contribution < -0.4 is 0 Å². The SMILES string of the molecule is CC#Cc1ccc2c(c1)C(=O)N(CC(=O)O)C2=O. The van der Waals surface area contributed by atoms with Crippen LogP contribution in [-0.4, -0.2) is 34.3 Å². The summed E-state index contributed by atoms with van der Waals surface area (Å²) in [5, 5.41) is 8.66. The molecule has 1 aliphatic heterocycles. The standard InChI is InChI=1S/C13H9NO4/c1-2-3-8-4-5-9-10(6-8)13(18)14(12(9)17)7-11(15)16/h4-6H,7H2,1H3,(H,15,16). The van der Waals surface area contributed by atoms with E-state index < -0.39 is 24.3 Å². The number of fused-ring (bicyclic) bond motifs is 1. The third-order valence-corrected chi connectivity index (χ3v) is 2.53. The Morgan fingerprint density at radius 3 is 2.56 bits per heavy atom. The van der Waals surface area contributed by atoms with E-state index in [-0.39, 0.29) is 11.1 Å². The van der Waals surface area contributed by atoms with Crippen molar-refractivity contribution in [2.75, 3.05) is 6.54 Å². The smallest absolute Gasteiger partial charge is 0.323 e. The molecule has 0 fully saturated rings. The molecule has 2 rings (SSSR count). The summed E-state index contributed by atoms with van der Waals surface area (Å²) in [5.41, 5.74) is 1.05. The van der Waals surface area contributed by atoms with Gasteiger partial charge in [0.05, 0.1) is 11.1 Å². The maximum absolute atomic E-state index is 11.9. The lowest BCUT2D eigenvalue weighted by atomic mass is 10.1. The van der Waals surface area contributed by atoms with Crippen molar-refractivity contribution >= 4 is 17.8 Å². The van der Waals surface area contributed by atoms with Crippen LogP contribution in [0.4, 0.5) is 0 Å². The van der Waals surface area contributed by atoms with Gasteiger partial charge in [0.15, 0.2) is 0 Å². The number of imide groups is 1. The van der Waals surface area contributed by atoms with E-state index in [4.69, 9.17) is 5.11 Å². The molecular weight excluding hydrogens is 234 g/mol. The fourth-order valence-electron chi connectivity index (χ4n) is 1.79. The molecule has 1 aromatic carbocycles. The predicted molar refractivity (Wildman–Crippen MR) is 62.0 cm³/mol. The molecule has 5 heteroatoms. The first-order valence-corrected chi connectivity index (χ1v) is 5.19. The number of hydrogen-bond donors (Lipinski definition) is 1. The second-order valence-corrected chi connectivity index (χ2v) is 3.73. The topological polar surface area (TPSA) is 74.7 Å². The summed E-state index contributed by atoms with van der Waals surface area (Å²) < 4.78 is 0. The van der Waals surface area contributed by atoms with Crippen LogP contribution in [0.2, 0.25) is 0 Å². The van der Waals surface area contributed by atoms with Gasteiger partial charge in [-0.2, -0.15) is 0 Å². The van der Waals surface area contributed by atoms with Crippen LogP contribution in [0.3, 0.4) is 0 Å². The Balaban J connectivity index is 2.44. The number of carbonyl (C=O) groups excluding carboxylic acids is 2. The average Bonchev–Trinajstić information content (AvgIpc) is 2.55. The van der Waals surface area contributed by atoms with Gasteiger partial charge < -0.3 is 5.11 Å². The van der Waals surface area contributed by atoms with E-state index in [0.717, 1.165) is 4.90 Å². The molecule has 0 aliphatic carbocycles. The van der Waals surface area contributed by atoms with Crippen molar-refractivity contribution in [3.05, 3.63) is 34.9 Å². The summed E-state index contributed by atoms with van der Waals surface area (Å²) in [6.07, 6.45) is 0. The summed E-state index contributed by atoms with van der Waals surface area (Å²) in [6.45, 7) is 1.04. The average molecular weight is 243 g/mol. The molecule has 1 aliphatic rings. The van der Waals surface area contributed by atoms with Gasteiger partial charge in [-0.25, -0.2) is 0 Å². The summed E-state index contributed by atoms with van der Waals surface area (Å²) in [6, 6.07) is 4.63. The van der Waals surface area contributed by atoms with E-state index >= 15 is 0 Å². The van der Waals surface area contributed by atoms with Gasteiger partial charge in [-0.3, -0.25) is 19.3 Å². The molecule has 2 amide bonds. The van der Waals surface area contributed by atoms with Crippen LogP contribution in [0, 0.1) is 11.8 Å². The largest absolute Gasteiger partial charge is 0.480 e. The van der Waals surface area contributed by atoms with Crippen molar-refractivity contribution in [1.29, 1.82) is 0 Å². The van der Waals surface area contributed by atoms with Crippen LogP contribution in [-0.2, 0) is 4.79 Å². The third-order valence-electron chi connectivity index (χ3n) is 2.53. The molecule has 18 heavy (non-hydrogen) atoms. The Morgan fingerprint density at radius 1 is 1.28 bits per heavy atom. The van der Waals surface area contributed by atoms with Gasteiger partial charge in [0, 0.05) is 5.56 Å². The van der Waals surface area contributed by atoms with Crippen LogP contribution in [0.5, 0.6) is 0 Å². The van der Waals surface area contributed by atoms with E-state index in [0.29, 0.717) is 5.56 Å². The van der Waals surface area contributed by atoms with Crippen molar-refractivity contribution in [2.24, 2.45) is 0 Å². The number of carboxylic acid groups (broad SMARTS) is 1. The Morgan fingerprint density at radius 2 is 1.94 bits per heavy atom. The Labute approximate surface area is 103 Å². The molecule has 0 unspecified atom stereocenters. The van der Waals surface area contributed by atoms with Crippen LogP contribution in [0.25, 0.3) is 0 Å². The van der Waals surface area contributed by atoms with E-state index in [9.17, 15) is 14.4 Å². The zero-order chi connectivity index (χ0) is 13.3. The Hall–Kier alpha value is -2.61. The molecule has 1 heterocycles. The lowest BCUT2D eigenvalue weighted by Crippen LogP contribution is -2.34. The maximum atomic E-state index is 11.9. The number of carboxylic acids is 1. The highest BCUT2D eigenvalue weighted by Crippen LogP contribution is 2.23. The minimum atomic E-state index is -1.22. The Kier molecular flexibility index (Phi) is 2.86. The Bertz CT molecular complexity index is 622. The molecule has 0 saturated carbocycles. The van der Waals surface area contributed by atoms with E-state index in [2.05, 4.69) is 11.8 Å². The molecule has 1 aromatic rings. The van der Waals surface area contributed by atoms with Crippen molar-refractivity contribution in [3.63, 3.8) is 0 Å². The molecule has 90 valence electrons. The number of amides is 2. The second kappa shape index (κ2) is 4.34. The van der Waals surface area contributed by atoms with Crippen LogP contribution in [0.1, 0.15) is 33.2 Å². The summed E-state index contributed by atoms with van der Waals surface area (Å²) >= 11 is 0. The molecule has 5 nitrogen and oxygen atoms in total. The van der Waals surface area contributed by atoms with Gasteiger partial charge in [-0.15, -0.1) is 5.92 Å². The normalized spacial score (nSPS) is 13.1. The molecule has 0 atom stereocenters. The number of nitrogens with zero attached hydrogens (tertiary/aromatic N) is 1. The van der Waals surface area contributed by atoms with Crippen molar-refractivity contribution in [2.45, 2.75) is 6.92 Å². The first-order chi connectivity index (χ1) is 8.54. The lowest BCUT2D eigenvalue weighted by Gasteiger charge is -2.09. The zero-order valence-electron chi connectivity index (χ0n) is 9.56. The molecule has 0 spiro atoms. The predicted octanol–water partition coefficient (Wildman–Crippen LogP) is 0.739. The van der Waals surface area contributed by atoms with Gasteiger partial charge in [0.1, 0.15) is 6.54 Å². The van der Waals surface area contributed by atoms with E-state index in [1.165, 1.54) is 12.1 Å². The van der Waals surface area contributed by atoms with E-state index in [1.807, 2.05) is 0 Å². The first kappa shape index (κ1) is 11.9. The first-order valence-electron chi connectivity index (χ1n) is 5.19. The third kappa shape index (κ3) is 1.84. The maximum Gasteiger partial charge on any atom is 0.323 e. The highest BCUT2D eigenvalue weighted by atomic mass is 16.4. The highest BCUT2D eigenvalue weighted by molar-refractivity contribution is 6.22. The van der Waals surface area contributed by atoms with Crippen LogP contribution >= 0.6 is 0 Å². The number of aliphatic carboxylic acids is 1. The molecule has 1 N–H and O–H groups in total. The zero-order valence-corrected chi connectivity index (χ0v) is 9.56. The number of carbonyl (C=O) groups is 3. The monoisotopic (exact) mass is 243 g/mol. The molecular formula is C13H9NO4. The van der Waals surface area contributed by atoms with Gasteiger partial charge in [-0.05, 0) is 25.1 Å². The van der Waals surface area contributed by atoms with Crippen molar-refractivity contribution in [3.8, 4) is 11.8 Å². The highest BCUT2D eigenvalue weighted by Gasteiger charge is 2.36. The minimum Gasteiger partial charge on any atom is -0.480 e. The van der Waals surface area contributed by atoms with Crippen molar-refractivity contribution < 1.29 is 19.5 Å². The summed E-state index contributed by atoms with van der Waals surface area (Å²) in [5.74, 6) is 3.09. The lowest BCUT2D eigenvalue weighted by molar-refractivity contribution is -0.137. The van der Waals surface area contributed by atoms with Gasteiger partial charge in [0.2, 0.25) is 0 Å². The molecule has 0 aromatic heterocycles. The fourth-order valence-corrected chi connectivity index (χ4v) is 1.79. The van der Waals surface area contributed by atoms with Gasteiger partial charge in [0.25, 0.3) is 11.8 Å².